The van der Waals surface area contributed by atoms with Gasteiger partial charge in [0.05, 0.1) is 6.33 Å². The smallest absolute Gasteiger partial charge is 0.191 e. The van der Waals surface area contributed by atoms with Crippen LogP contribution in [-0.2, 0) is 12.0 Å². The van der Waals surface area contributed by atoms with Gasteiger partial charge in [0.1, 0.15) is 0 Å². The predicted octanol–water partition coefficient (Wildman–Crippen LogP) is 2.54. The van der Waals surface area contributed by atoms with Gasteiger partial charge in [-0.1, -0.05) is 34.1 Å². The predicted molar refractivity (Wildman–Crippen MR) is 96.6 cm³/mol. The van der Waals surface area contributed by atoms with Crippen molar-refractivity contribution >= 4 is 21.9 Å². The molecular weight excluding hydrogens is 354 g/mol. The Labute approximate surface area is 145 Å². The van der Waals surface area contributed by atoms with Crippen molar-refractivity contribution in [2.75, 3.05) is 20.1 Å². The zero-order chi connectivity index (χ0) is 16.1. The maximum Gasteiger partial charge on any atom is 0.191 e. The molecule has 1 saturated carbocycles. The van der Waals surface area contributed by atoms with Crippen LogP contribution in [0.25, 0.3) is 0 Å². The van der Waals surface area contributed by atoms with Gasteiger partial charge in [0.25, 0.3) is 0 Å². The largest absolute Gasteiger partial charge is 0.356 e. The van der Waals surface area contributed by atoms with E-state index in [1.165, 1.54) is 22.9 Å². The molecule has 0 spiro atoms. The summed E-state index contributed by atoms with van der Waals surface area (Å²) in [5, 5.41) is 6.82. The molecule has 3 rings (SSSR count). The molecule has 0 atom stereocenters. The molecule has 23 heavy (non-hydrogen) atoms. The molecule has 1 aromatic heterocycles. The first-order valence-electron chi connectivity index (χ1n) is 7.89. The van der Waals surface area contributed by atoms with Gasteiger partial charge in [-0.2, -0.15) is 0 Å². The fraction of sp³-hybridized carbons (Fsp3) is 0.412. The summed E-state index contributed by atoms with van der Waals surface area (Å²) in [5.74, 6) is 0.850. The second-order valence-electron chi connectivity index (χ2n) is 5.91. The molecule has 0 aliphatic heterocycles. The zero-order valence-electron chi connectivity index (χ0n) is 13.3. The first-order valence-corrected chi connectivity index (χ1v) is 8.68. The van der Waals surface area contributed by atoms with E-state index >= 15 is 0 Å². The maximum atomic E-state index is 4.31. The Hall–Kier alpha value is -1.82. The number of hydrogen-bond acceptors (Lipinski definition) is 2. The van der Waals surface area contributed by atoms with Crippen LogP contribution in [0.2, 0.25) is 0 Å². The van der Waals surface area contributed by atoms with Gasteiger partial charge in [0, 0.05) is 49.0 Å². The van der Waals surface area contributed by atoms with E-state index < -0.39 is 0 Å². The summed E-state index contributed by atoms with van der Waals surface area (Å²) in [5.41, 5.74) is 1.63. The van der Waals surface area contributed by atoms with Crippen LogP contribution in [-0.4, -0.2) is 35.6 Å². The Morgan fingerprint density at radius 1 is 1.35 bits per heavy atom. The highest BCUT2D eigenvalue weighted by Gasteiger charge is 2.45. The second kappa shape index (κ2) is 7.17. The minimum absolute atomic E-state index is 0.238. The molecule has 2 N–H and O–H groups in total. The van der Waals surface area contributed by atoms with Gasteiger partial charge in [-0.15, -0.1) is 0 Å². The fourth-order valence-electron chi connectivity index (χ4n) is 2.78. The number of aromatic nitrogens is 2. The van der Waals surface area contributed by atoms with Gasteiger partial charge in [-0.05, 0) is 24.5 Å². The lowest BCUT2D eigenvalue weighted by Gasteiger charge is -2.20. The topological polar surface area (TPSA) is 54.2 Å². The summed E-state index contributed by atoms with van der Waals surface area (Å²) in [7, 11) is 1.81. The monoisotopic (exact) mass is 375 g/mol. The highest BCUT2D eigenvalue weighted by molar-refractivity contribution is 9.10. The van der Waals surface area contributed by atoms with Crippen LogP contribution in [0.15, 0.2) is 52.5 Å². The first-order chi connectivity index (χ1) is 11.2. The van der Waals surface area contributed by atoms with Gasteiger partial charge in [-0.3, -0.25) is 4.99 Å². The zero-order valence-corrected chi connectivity index (χ0v) is 14.9. The maximum absolute atomic E-state index is 4.31. The lowest BCUT2D eigenvalue weighted by atomic mass is 9.96. The molecular formula is C17H22BrN5. The third-order valence-electron chi connectivity index (χ3n) is 4.34. The van der Waals surface area contributed by atoms with Crippen LogP contribution in [0.5, 0.6) is 0 Å². The summed E-state index contributed by atoms with van der Waals surface area (Å²) in [6.45, 7) is 2.59. The number of halogens is 1. The summed E-state index contributed by atoms with van der Waals surface area (Å²) in [6, 6.07) is 8.51. The molecule has 1 aliphatic rings. The summed E-state index contributed by atoms with van der Waals surface area (Å²) in [4.78, 5) is 8.36. The number of nitrogens with zero attached hydrogens (tertiary/aromatic N) is 3. The molecule has 0 bridgehead atoms. The highest BCUT2D eigenvalue weighted by atomic mass is 79.9. The van der Waals surface area contributed by atoms with Crippen molar-refractivity contribution in [3.8, 4) is 0 Å². The van der Waals surface area contributed by atoms with E-state index in [1.807, 2.05) is 24.1 Å². The Kier molecular flexibility index (Phi) is 5.00. The minimum Gasteiger partial charge on any atom is -0.356 e. The summed E-state index contributed by atoms with van der Waals surface area (Å²) in [6.07, 6.45) is 8.01. The van der Waals surface area contributed by atoms with E-state index in [9.17, 15) is 0 Å². The standard InChI is InChI=1S/C17H22BrN5/c1-19-16(21-9-11-23-10-8-20-13-23)22-12-17(6-7-17)14-4-2-3-5-15(14)18/h2-5,8,10,13H,6-7,9,11-12H2,1H3,(H2,19,21,22). The highest BCUT2D eigenvalue weighted by Crippen LogP contribution is 2.49. The average Bonchev–Trinajstić information content (AvgIpc) is 3.17. The molecule has 1 heterocycles. The van der Waals surface area contributed by atoms with Crippen LogP contribution in [0.4, 0.5) is 0 Å². The van der Waals surface area contributed by atoms with Crippen molar-refractivity contribution in [1.82, 2.24) is 20.2 Å². The van der Waals surface area contributed by atoms with Crippen molar-refractivity contribution in [3.63, 3.8) is 0 Å². The molecule has 6 heteroatoms. The van der Waals surface area contributed by atoms with Gasteiger partial charge >= 0.3 is 0 Å². The van der Waals surface area contributed by atoms with Gasteiger partial charge in [0.15, 0.2) is 5.96 Å². The number of hydrogen-bond donors (Lipinski definition) is 2. The lowest BCUT2D eigenvalue weighted by Crippen LogP contribution is -2.42. The minimum atomic E-state index is 0.238. The Balaban J connectivity index is 1.51. The van der Waals surface area contributed by atoms with Gasteiger partial charge < -0.3 is 15.2 Å². The van der Waals surface area contributed by atoms with Crippen molar-refractivity contribution in [3.05, 3.63) is 53.0 Å². The summed E-state index contributed by atoms with van der Waals surface area (Å²) < 4.78 is 3.24. The molecule has 1 aromatic carbocycles. The van der Waals surface area contributed by atoms with Crippen LogP contribution < -0.4 is 10.6 Å². The SMILES string of the molecule is CN=C(NCCn1ccnc1)NCC1(c2ccccc2Br)CC1. The number of benzene rings is 1. The van der Waals surface area contributed by atoms with Crippen molar-refractivity contribution in [1.29, 1.82) is 0 Å². The fourth-order valence-corrected chi connectivity index (χ4v) is 3.48. The molecule has 1 fully saturated rings. The van der Waals surface area contributed by atoms with Gasteiger partial charge in [0.2, 0.25) is 0 Å². The molecule has 0 saturated heterocycles. The van der Waals surface area contributed by atoms with E-state index in [0.29, 0.717) is 0 Å². The Morgan fingerprint density at radius 2 is 2.17 bits per heavy atom. The average molecular weight is 376 g/mol. The number of nitrogens with one attached hydrogen (secondary N) is 2. The normalized spacial score (nSPS) is 16.2. The van der Waals surface area contributed by atoms with E-state index in [2.05, 4.69) is 60.8 Å². The van der Waals surface area contributed by atoms with E-state index in [1.54, 1.807) is 6.20 Å². The number of imidazole rings is 1. The van der Waals surface area contributed by atoms with Crippen LogP contribution in [0.1, 0.15) is 18.4 Å². The van der Waals surface area contributed by atoms with Crippen molar-refractivity contribution in [2.24, 2.45) is 4.99 Å². The lowest BCUT2D eigenvalue weighted by molar-refractivity contribution is 0.626. The van der Waals surface area contributed by atoms with E-state index in [-0.39, 0.29) is 5.41 Å². The second-order valence-corrected chi connectivity index (χ2v) is 6.77. The molecule has 5 nitrogen and oxygen atoms in total. The van der Waals surface area contributed by atoms with Crippen LogP contribution in [0, 0.1) is 0 Å². The summed E-state index contributed by atoms with van der Waals surface area (Å²) >= 11 is 3.68. The molecule has 122 valence electrons. The Morgan fingerprint density at radius 3 is 2.83 bits per heavy atom. The van der Waals surface area contributed by atoms with Gasteiger partial charge in [-0.25, -0.2) is 4.98 Å². The molecule has 0 radical (unpaired) electrons. The number of rotatable bonds is 6. The molecule has 1 aliphatic carbocycles. The van der Waals surface area contributed by atoms with Crippen LogP contribution in [0.3, 0.4) is 0 Å². The van der Waals surface area contributed by atoms with E-state index in [0.717, 1.165) is 25.6 Å². The number of aliphatic imine (C=N–C) groups is 1. The third-order valence-corrected chi connectivity index (χ3v) is 5.03. The molecule has 2 aromatic rings. The molecule has 0 amide bonds. The van der Waals surface area contributed by atoms with Crippen LogP contribution >= 0.6 is 15.9 Å². The van der Waals surface area contributed by atoms with Crippen molar-refractivity contribution < 1.29 is 0 Å². The number of guanidine groups is 1. The first kappa shape index (κ1) is 16.1. The Bertz CT molecular complexity index is 661. The molecule has 0 unspecified atom stereocenters. The van der Waals surface area contributed by atoms with Crippen molar-refractivity contribution in [2.45, 2.75) is 24.8 Å². The quantitative estimate of drug-likeness (QED) is 0.602. The van der Waals surface area contributed by atoms with E-state index in [4.69, 9.17) is 0 Å². The third kappa shape index (κ3) is 3.93.